The smallest absolute Gasteiger partial charge is 0.137 e. The zero-order chi connectivity index (χ0) is 14.8. The monoisotopic (exact) mass is 301 g/mol. The van der Waals surface area contributed by atoms with E-state index in [-0.39, 0.29) is 6.04 Å². The van der Waals surface area contributed by atoms with E-state index in [4.69, 9.17) is 16.6 Å². The van der Waals surface area contributed by atoms with Gasteiger partial charge in [0.2, 0.25) is 0 Å². The second-order valence-electron chi connectivity index (χ2n) is 5.64. The van der Waals surface area contributed by atoms with E-state index >= 15 is 0 Å². The van der Waals surface area contributed by atoms with Crippen molar-refractivity contribution >= 4 is 17.4 Å². The van der Waals surface area contributed by atoms with Crippen LogP contribution >= 0.6 is 11.6 Å². The first-order chi connectivity index (χ1) is 10.2. The fraction of sp³-hybridized carbons (Fsp3) is 0.412. The molecule has 3 rings (SSSR count). The number of rotatable bonds is 5. The summed E-state index contributed by atoms with van der Waals surface area (Å²) in [5.74, 6) is 2.25. The summed E-state index contributed by atoms with van der Waals surface area (Å²) >= 11 is 6.27. The molecule has 0 radical (unpaired) electrons. The van der Waals surface area contributed by atoms with Crippen LogP contribution in [0.3, 0.4) is 0 Å². The Labute approximate surface area is 130 Å². The first-order valence-corrected chi connectivity index (χ1v) is 7.92. The lowest BCUT2D eigenvalue weighted by Crippen LogP contribution is -2.13. The van der Waals surface area contributed by atoms with Crippen LogP contribution in [-0.2, 0) is 0 Å². The summed E-state index contributed by atoms with van der Waals surface area (Å²) in [6.45, 7) is 4.14. The quantitative estimate of drug-likeness (QED) is 0.800. The molecule has 21 heavy (non-hydrogen) atoms. The molecule has 1 atom stereocenters. The molecule has 0 spiro atoms. The maximum absolute atomic E-state index is 6.27. The van der Waals surface area contributed by atoms with Crippen LogP contribution in [0.1, 0.15) is 55.1 Å². The minimum Gasteiger partial charge on any atom is -0.363 e. The summed E-state index contributed by atoms with van der Waals surface area (Å²) in [5.41, 5.74) is 2.19. The third-order valence-electron chi connectivity index (χ3n) is 3.97. The maximum atomic E-state index is 6.27. The molecule has 1 saturated carbocycles. The van der Waals surface area contributed by atoms with Gasteiger partial charge in [-0.15, -0.1) is 0 Å². The maximum Gasteiger partial charge on any atom is 0.137 e. The van der Waals surface area contributed by atoms with Crippen molar-refractivity contribution < 1.29 is 0 Å². The van der Waals surface area contributed by atoms with Crippen molar-refractivity contribution in [3.05, 3.63) is 52.4 Å². The second-order valence-corrected chi connectivity index (χ2v) is 5.99. The Morgan fingerprint density at radius 1 is 1.24 bits per heavy atom. The minimum absolute atomic E-state index is 0.239. The highest BCUT2D eigenvalue weighted by molar-refractivity contribution is 6.30. The van der Waals surface area contributed by atoms with Crippen molar-refractivity contribution in [2.45, 2.75) is 45.1 Å². The van der Waals surface area contributed by atoms with Crippen LogP contribution < -0.4 is 5.32 Å². The van der Waals surface area contributed by atoms with Gasteiger partial charge in [-0.3, -0.25) is 0 Å². The Balaban J connectivity index is 1.89. The Kier molecular flexibility index (Phi) is 4.11. The van der Waals surface area contributed by atoms with Gasteiger partial charge in [-0.1, -0.05) is 48.9 Å². The molecule has 0 saturated heterocycles. The predicted octanol–water partition coefficient (Wildman–Crippen LogP) is 4.88. The first-order valence-electron chi connectivity index (χ1n) is 7.54. The zero-order valence-corrected chi connectivity index (χ0v) is 13.2. The summed E-state index contributed by atoms with van der Waals surface area (Å²) in [6, 6.07) is 10.7. The van der Waals surface area contributed by atoms with Crippen molar-refractivity contribution in [1.29, 1.82) is 0 Å². The molecule has 0 amide bonds. The van der Waals surface area contributed by atoms with E-state index in [1.165, 1.54) is 18.4 Å². The van der Waals surface area contributed by atoms with Crippen LogP contribution in [0.15, 0.2) is 30.3 Å². The lowest BCUT2D eigenvalue weighted by Gasteiger charge is -2.20. The van der Waals surface area contributed by atoms with Crippen LogP contribution in [0.4, 0.5) is 5.82 Å². The molecule has 1 aliphatic rings. The topological polar surface area (TPSA) is 37.8 Å². The van der Waals surface area contributed by atoms with Gasteiger partial charge >= 0.3 is 0 Å². The van der Waals surface area contributed by atoms with Gasteiger partial charge in [-0.05, 0) is 31.7 Å². The van der Waals surface area contributed by atoms with E-state index in [1.807, 2.05) is 13.0 Å². The van der Waals surface area contributed by atoms with Gasteiger partial charge in [0.1, 0.15) is 16.8 Å². The Morgan fingerprint density at radius 2 is 1.95 bits per heavy atom. The number of benzene rings is 1. The number of aromatic nitrogens is 2. The molecule has 1 unspecified atom stereocenters. The van der Waals surface area contributed by atoms with Gasteiger partial charge in [-0.2, -0.15) is 0 Å². The Bertz CT molecular complexity index is 623. The van der Waals surface area contributed by atoms with Gasteiger partial charge in [0.25, 0.3) is 0 Å². The standard InChI is InChI=1S/C17H20ClN3/c1-3-14(12-7-5-4-6-8-12)19-16-11(2)15(18)20-17(21-16)13-9-10-13/h4-8,13-14H,3,9-10H2,1-2H3,(H,19,20,21). The normalized spacial score (nSPS) is 15.8. The minimum atomic E-state index is 0.239. The number of anilines is 1. The van der Waals surface area contributed by atoms with E-state index in [9.17, 15) is 0 Å². The van der Waals surface area contributed by atoms with Crippen LogP contribution in [0.2, 0.25) is 5.15 Å². The number of hydrogen-bond donors (Lipinski definition) is 1. The zero-order valence-electron chi connectivity index (χ0n) is 12.4. The van der Waals surface area contributed by atoms with Crippen molar-refractivity contribution in [1.82, 2.24) is 9.97 Å². The average Bonchev–Trinajstić information content (AvgIpc) is 3.34. The van der Waals surface area contributed by atoms with E-state index in [0.29, 0.717) is 11.1 Å². The molecule has 3 nitrogen and oxygen atoms in total. The molecule has 4 heteroatoms. The fourth-order valence-electron chi connectivity index (χ4n) is 2.44. The van der Waals surface area contributed by atoms with Crippen molar-refractivity contribution in [3.63, 3.8) is 0 Å². The predicted molar refractivity (Wildman–Crippen MR) is 86.9 cm³/mol. The molecule has 1 aromatic heterocycles. The fourth-order valence-corrected chi connectivity index (χ4v) is 2.62. The largest absolute Gasteiger partial charge is 0.363 e. The lowest BCUT2D eigenvalue weighted by molar-refractivity contribution is 0.739. The van der Waals surface area contributed by atoms with Crippen molar-refractivity contribution in [2.75, 3.05) is 5.32 Å². The van der Waals surface area contributed by atoms with E-state index in [2.05, 4.69) is 41.5 Å². The molecule has 1 aliphatic carbocycles. The van der Waals surface area contributed by atoms with Gasteiger partial charge in [0.05, 0.1) is 6.04 Å². The van der Waals surface area contributed by atoms with Crippen LogP contribution in [-0.4, -0.2) is 9.97 Å². The van der Waals surface area contributed by atoms with Crippen molar-refractivity contribution in [3.8, 4) is 0 Å². The number of nitrogens with one attached hydrogen (secondary N) is 1. The third-order valence-corrected chi connectivity index (χ3v) is 4.34. The summed E-state index contributed by atoms with van der Waals surface area (Å²) in [7, 11) is 0. The molecule has 1 heterocycles. The summed E-state index contributed by atoms with van der Waals surface area (Å²) in [4.78, 5) is 9.12. The van der Waals surface area contributed by atoms with Crippen LogP contribution in [0.25, 0.3) is 0 Å². The van der Waals surface area contributed by atoms with Gasteiger partial charge in [-0.25, -0.2) is 9.97 Å². The number of hydrogen-bond acceptors (Lipinski definition) is 3. The van der Waals surface area contributed by atoms with Gasteiger partial charge in [0, 0.05) is 11.5 Å². The lowest BCUT2D eigenvalue weighted by atomic mass is 10.0. The van der Waals surface area contributed by atoms with E-state index < -0.39 is 0 Å². The Morgan fingerprint density at radius 3 is 2.57 bits per heavy atom. The highest BCUT2D eigenvalue weighted by Gasteiger charge is 2.28. The number of halogens is 1. The molecule has 1 aromatic carbocycles. The highest BCUT2D eigenvalue weighted by Crippen LogP contribution is 2.39. The van der Waals surface area contributed by atoms with Gasteiger partial charge < -0.3 is 5.32 Å². The van der Waals surface area contributed by atoms with Gasteiger partial charge in [0.15, 0.2) is 0 Å². The average molecular weight is 302 g/mol. The highest BCUT2D eigenvalue weighted by atomic mass is 35.5. The molecule has 2 aromatic rings. The van der Waals surface area contributed by atoms with E-state index in [1.54, 1.807) is 0 Å². The molecule has 1 fully saturated rings. The van der Waals surface area contributed by atoms with E-state index in [0.717, 1.165) is 23.6 Å². The number of nitrogens with zero attached hydrogens (tertiary/aromatic N) is 2. The Hall–Kier alpha value is -1.61. The molecule has 0 bridgehead atoms. The van der Waals surface area contributed by atoms with Crippen LogP contribution in [0, 0.1) is 6.92 Å². The summed E-state index contributed by atoms with van der Waals surface area (Å²) in [6.07, 6.45) is 3.34. The molecular weight excluding hydrogens is 282 g/mol. The SMILES string of the molecule is CCC(Nc1nc(C2CC2)nc(Cl)c1C)c1ccccc1. The third kappa shape index (κ3) is 3.18. The molecular formula is C17H20ClN3. The summed E-state index contributed by atoms with van der Waals surface area (Å²) < 4.78 is 0. The molecule has 0 aliphatic heterocycles. The molecule has 1 N–H and O–H groups in total. The second kappa shape index (κ2) is 6.02. The van der Waals surface area contributed by atoms with Crippen LogP contribution in [0.5, 0.6) is 0 Å². The molecule has 110 valence electrons. The first kappa shape index (κ1) is 14.3. The van der Waals surface area contributed by atoms with Crippen molar-refractivity contribution in [2.24, 2.45) is 0 Å². The summed E-state index contributed by atoms with van der Waals surface area (Å²) in [5, 5.41) is 4.11.